The van der Waals surface area contributed by atoms with Gasteiger partial charge < -0.3 is 24.4 Å². The Hall–Kier alpha value is -2.38. The Morgan fingerprint density at radius 1 is 1.19 bits per heavy atom. The number of aromatic nitrogens is 1. The van der Waals surface area contributed by atoms with E-state index in [2.05, 4.69) is 10.5 Å². The van der Waals surface area contributed by atoms with Gasteiger partial charge in [0.2, 0.25) is 0 Å². The zero-order chi connectivity index (χ0) is 18.5. The largest absolute Gasteiger partial charge is 0.495 e. The molecular formula is C19H28N4O3+2. The van der Waals surface area contributed by atoms with Crippen molar-refractivity contribution in [2.45, 2.75) is 20.4 Å². The van der Waals surface area contributed by atoms with Crippen LogP contribution in [-0.2, 0) is 11.3 Å². The summed E-state index contributed by atoms with van der Waals surface area (Å²) in [4.78, 5) is 15.2. The molecular weight excluding hydrogens is 332 g/mol. The summed E-state index contributed by atoms with van der Waals surface area (Å²) in [7, 11) is 1.62. The Morgan fingerprint density at radius 3 is 2.58 bits per heavy atom. The molecule has 1 aliphatic heterocycles. The predicted octanol–water partition coefficient (Wildman–Crippen LogP) is -0.778. The van der Waals surface area contributed by atoms with Crippen LogP contribution in [0.4, 0.5) is 5.69 Å². The molecule has 7 nitrogen and oxygen atoms in total. The molecule has 2 heterocycles. The molecule has 0 spiro atoms. The lowest BCUT2D eigenvalue weighted by Crippen LogP contribution is -3.28. The van der Waals surface area contributed by atoms with Crippen molar-refractivity contribution in [3.8, 4) is 5.75 Å². The van der Waals surface area contributed by atoms with Gasteiger partial charge in [-0.25, -0.2) is 0 Å². The third-order valence-electron chi connectivity index (χ3n) is 4.81. The molecule has 1 amide bonds. The maximum Gasteiger partial charge on any atom is 0.279 e. The quantitative estimate of drug-likeness (QED) is 0.632. The van der Waals surface area contributed by atoms with Gasteiger partial charge in [-0.1, -0.05) is 11.2 Å². The van der Waals surface area contributed by atoms with Gasteiger partial charge in [0.05, 0.1) is 12.8 Å². The molecule has 1 aliphatic rings. The number of hydrogen-bond donors (Lipinski definition) is 3. The lowest BCUT2D eigenvalue weighted by Gasteiger charge is -2.28. The first-order chi connectivity index (χ1) is 12.5. The van der Waals surface area contributed by atoms with Gasteiger partial charge in [0.15, 0.2) is 6.54 Å². The molecule has 0 radical (unpaired) electrons. The molecule has 3 rings (SSSR count). The second-order valence-electron chi connectivity index (χ2n) is 7.03. The zero-order valence-electron chi connectivity index (χ0n) is 15.7. The summed E-state index contributed by atoms with van der Waals surface area (Å²) in [6.07, 6.45) is 0. The molecule has 7 heteroatoms. The van der Waals surface area contributed by atoms with E-state index in [0.717, 1.165) is 55.4 Å². The number of quaternary nitrogens is 2. The van der Waals surface area contributed by atoms with Crippen molar-refractivity contribution >= 4 is 11.6 Å². The topological polar surface area (TPSA) is 73.2 Å². The smallest absolute Gasteiger partial charge is 0.279 e. The van der Waals surface area contributed by atoms with Crippen LogP contribution in [-0.4, -0.2) is 50.9 Å². The Balaban J connectivity index is 1.47. The number of ether oxygens (including phenoxy) is 1. The fraction of sp³-hybridized carbons (Fsp3) is 0.474. The zero-order valence-corrected chi connectivity index (χ0v) is 15.7. The molecule has 3 N–H and O–H groups in total. The van der Waals surface area contributed by atoms with Gasteiger partial charge in [-0.05, 0) is 31.5 Å². The third-order valence-corrected chi connectivity index (χ3v) is 4.81. The van der Waals surface area contributed by atoms with Crippen LogP contribution >= 0.6 is 0 Å². The lowest BCUT2D eigenvalue weighted by molar-refractivity contribution is -1.02. The highest BCUT2D eigenvalue weighted by Crippen LogP contribution is 2.24. The highest BCUT2D eigenvalue weighted by Gasteiger charge is 2.25. The summed E-state index contributed by atoms with van der Waals surface area (Å²) in [6.45, 7) is 9.29. The standard InChI is InChI=1S/C19H26N4O3/c1-14-4-5-18(25-3)17(10-14)20-19(24)13-23-8-6-22(7-9-23)12-16-11-15(2)26-21-16/h4-5,10-11H,6-9,12-13H2,1-3H3,(H,20,24)/p+2. The molecule has 2 aromatic rings. The molecule has 0 unspecified atom stereocenters. The van der Waals surface area contributed by atoms with Gasteiger partial charge in [0.25, 0.3) is 5.91 Å². The number of carbonyl (C=O) groups is 1. The van der Waals surface area contributed by atoms with Crippen molar-refractivity contribution in [1.82, 2.24) is 5.16 Å². The summed E-state index contributed by atoms with van der Waals surface area (Å²) in [5.74, 6) is 1.57. The Labute approximate surface area is 153 Å². The molecule has 1 aromatic carbocycles. The van der Waals surface area contributed by atoms with Crippen molar-refractivity contribution in [1.29, 1.82) is 0 Å². The fourth-order valence-corrected chi connectivity index (χ4v) is 3.41. The number of rotatable bonds is 6. The lowest BCUT2D eigenvalue weighted by atomic mass is 10.2. The Morgan fingerprint density at radius 2 is 1.92 bits per heavy atom. The predicted molar refractivity (Wildman–Crippen MR) is 97.6 cm³/mol. The van der Waals surface area contributed by atoms with Crippen molar-refractivity contribution in [2.75, 3.05) is 45.2 Å². The van der Waals surface area contributed by atoms with Gasteiger partial charge in [0, 0.05) is 6.07 Å². The van der Waals surface area contributed by atoms with Crippen LogP contribution < -0.4 is 19.9 Å². The van der Waals surface area contributed by atoms with Crippen LogP contribution in [0, 0.1) is 13.8 Å². The number of nitrogens with one attached hydrogen (secondary N) is 3. The number of methoxy groups -OCH3 is 1. The SMILES string of the molecule is COc1ccc(C)cc1NC(=O)C[NH+]1CC[NH+](Cc2cc(C)on2)CC1. The van der Waals surface area contributed by atoms with Crippen LogP contribution in [0.25, 0.3) is 0 Å². The van der Waals surface area contributed by atoms with Crippen LogP contribution in [0.1, 0.15) is 17.0 Å². The molecule has 1 saturated heterocycles. The summed E-state index contributed by atoms with van der Waals surface area (Å²) >= 11 is 0. The van der Waals surface area contributed by atoms with E-state index in [-0.39, 0.29) is 5.91 Å². The van der Waals surface area contributed by atoms with Crippen molar-refractivity contribution in [3.05, 3.63) is 41.3 Å². The van der Waals surface area contributed by atoms with Crippen molar-refractivity contribution in [2.24, 2.45) is 0 Å². The van der Waals surface area contributed by atoms with Crippen molar-refractivity contribution in [3.63, 3.8) is 0 Å². The molecule has 0 saturated carbocycles. The van der Waals surface area contributed by atoms with E-state index in [1.165, 1.54) is 9.80 Å². The highest BCUT2D eigenvalue weighted by atomic mass is 16.5. The van der Waals surface area contributed by atoms with Gasteiger partial charge in [-0.3, -0.25) is 4.79 Å². The van der Waals surface area contributed by atoms with E-state index in [0.29, 0.717) is 12.3 Å². The van der Waals surface area contributed by atoms with Gasteiger partial charge >= 0.3 is 0 Å². The molecule has 140 valence electrons. The summed E-state index contributed by atoms with van der Waals surface area (Å²) in [6, 6.07) is 7.78. The molecule has 1 fully saturated rings. The summed E-state index contributed by atoms with van der Waals surface area (Å²) < 4.78 is 10.5. The number of carbonyl (C=O) groups excluding carboxylic acids is 1. The first-order valence-corrected chi connectivity index (χ1v) is 9.07. The first kappa shape index (κ1) is 18.4. The van der Waals surface area contributed by atoms with Gasteiger partial charge in [-0.15, -0.1) is 0 Å². The maximum absolute atomic E-state index is 12.4. The number of anilines is 1. The third kappa shape index (κ3) is 4.83. The normalized spacial score (nSPS) is 20.0. The summed E-state index contributed by atoms with van der Waals surface area (Å²) in [5, 5.41) is 7.06. The van der Waals surface area contributed by atoms with Crippen LogP contribution in [0.5, 0.6) is 5.75 Å². The number of piperazine rings is 1. The second-order valence-corrected chi connectivity index (χ2v) is 7.03. The van der Waals surface area contributed by atoms with Gasteiger partial charge in [-0.2, -0.15) is 0 Å². The van der Waals surface area contributed by atoms with Crippen LogP contribution in [0.2, 0.25) is 0 Å². The first-order valence-electron chi connectivity index (χ1n) is 9.07. The Kier molecular flexibility index (Phi) is 5.90. The van der Waals surface area contributed by atoms with Crippen molar-refractivity contribution < 1.29 is 23.9 Å². The number of amides is 1. The average Bonchev–Trinajstić information content (AvgIpc) is 3.02. The van der Waals surface area contributed by atoms with E-state index in [4.69, 9.17) is 9.26 Å². The molecule has 0 aliphatic carbocycles. The molecule has 0 bridgehead atoms. The summed E-state index contributed by atoms with van der Waals surface area (Å²) in [5.41, 5.74) is 2.83. The second kappa shape index (κ2) is 8.33. The minimum atomic E-state index is 0.0273. The van der Waals surface area contributed by atoms with E-state index in [1.54, 1.807) is 7.11 Å². The molecule has 0 atom stereocenters. The highest BCUT2D eigenvalue weighted by molar-refractivity contribution is 5.93. The maximum atomic E-state index is 12.4. The number of benzene rings is 1. The Bertz CT molecular complexity index is 751. The number of aryl methyl sites for hydroxylation is 2. The minimum absolute atomic E-state index is 0.0273. The van der Waals surface area contributed by atoms with E-state index in [1.807, 2.05) is 38.1 Å². The minimum Gasteiger partial charge on any atom is -0.495 e. The molecule has 1 aromatic heterocycles. The molecule has 26 heavy (non-hydrogen) atoms. The number of nitrogens with zero attached hydrogens (tertiary/aromatic N) is 1. The van der Waals surface area contributed by atoms with E-state index < -0.39 is 0 Å². The van der Waals surface area contributed by atoms with Crippen LogP contribution in [0.15, 0.2) is 28.8 Å². The number of hydrogen-bond acceptors (Lipinski definition) is 4. The van der Waals surface area contributed by atoms with Gasteiger partial charge in [0.1, 0.15) is 49.9 Å². The van der Waals surface area contributed by atoms with E-state index in [9.17, 15) is 4.79 Å². The van der Waals surface area contributed by atoms with Crippen LogP contribution in [0.3, 0.4) is 0 Å². The average molecular weight is 360 g/mol. The monoisotopic (exact) mass is 360 g/mol. The fourth-order valence-electron chi connectivity index (χ4n) is 3.41. The van der Waals surface area contributed by atoms with E-state index >= 15 is 0 Å².